The Kier molecular flexibility index (Phi) is 3.47. The Bertz CT molecular complexity index is 449. The van der Waals surface area contributed by atoms with Crippen molar-refractivity contribution in [3.63, 3.8) is 0 Å². The van der Waals surface area contributed by atoms with E-state index in [0.717, 1.165) is 5.56 Å². The van der Waals surface area contributed by atoms with Gasteiger partial charge >= 0.3 is 6.09 Å². The van der Waals surface area contributed by atoms with Gasteiger partial charge < -0.3 is 10.1 Å². The SMILES string of the molecule is CC1C(NC(=O)OCc2ccccc2)C(=O)N1O. The first-order valence-corrected chi connectivity index (χ1v) is 5.59. The van der Waals surface area contributed by atoms with E-state index in [1.165, 1.54) is 0 Å². The van der Waals surface area contributed by atoms with Crippen LogP contribution < -0.4 is 5.32 Å². The number of hydrogen-bond donors (Lipinski definition) is 2. The van der Waals surface area contributed by atoms with Crippen LogP contribution in [0, 0.1) is 0 Å². The zero-order chi connectivity index (χ0) is 13.1. The van der Waals surface area contributed by atoms with Crippen LogP contribution in [-0.4, -0.2) is 34.4 Å². The van der Waals surface area contributed by atoms with Crippen LogP contribution in [0.2, 0.25) is 0 Å². The van der Waals surface area contributed by atoms with Gasteiger partial charge in [0.1, 0.15) is 12.6 Å². The Balaban J connectivity index is 1.78. The summed E-state index contributed by atoms with van der Waals surface area (Å²) in [6, 6.07) is 8.09. The van der Waals surface area contributed by atoms with Gasteiger partial charge in [-0.3, -0.25) is 10.0 Å². The Morgan fingerprint density at radius 3 is 2.72 bits per heavy atom. The zero-order valence-corrected chi connectivity index (χ0v) is 9.87. The number of benzene rings is 1. The van der Waals surface area contributed by atoms with Crippen LogP contribution in [0.15, 0.2) is 30.3 Å². The molecule has 1 aromatic carbocycles. The van der Waals surface area contributed by atoms with Crippen LogP contribution >= 0.6 is 0 Å². The third-order valence-corrected chi connectivity index (χ3v) is 2.85. The number of alkyl carbamates (subject to hydrolysis) is 1. The fraction of sp³-hybridized carbons (Fsp3) is 0.333. The second kappa shape index (κ2) is 5.05. The van der Waals surface area contributed by atoms with Crippen molar-refractivity contribution in [3.05, 3.63) is 35.9 Å². The fourth-order valence-corrected chi connectivity index (χ4v) is 1.68. The van der Waals surface area contributed by atoms with Crippen molar-refractivity contribution in [2.45, 2.75) is 25.6 Å². The lowest BCUT2D eigenvalue weighted by Crippen LogP contribution is -2.68. The number of hydrogen-bond acceptors (Lipinski definition) is 4. The van der Waals surface area contributed by atoms with Crippen LogP contribution in [0.5, 0.6) is 0 Å². The fourth-order valence-electron chi connectivity index (χ4n) is 1.68. The molecule has 2 N–H and O–H groups in total. The molecule has 2 atom stereocenters. The van der Waals surface area contributed by atoms with Crippen molar-refractivity contribution in [1.82, 2.24) is 10.4 Å². The number of ether oxygens (including phenoxy) is 1. The van der Waals surface area contributed by atoms with Crippen molar-refractivity contribution >= 4 is 12.0 Å². The number of carbonyl (C=O) groups excluding carboxylic acids is 2. The van der Waals surface area contributed by atoms with Gasteiger partial charge in [0, 0.05) is 0 Å². The number of amides is 2. The molecule has 0 saturated carbocycles. The molecule has 1 heterocycles. The molecule has 6 nitrogen and oxygen atoms in total. The molecule has 18 heavy (non-hydrogen) atoms. The first-order valence-electron chi connectivity index (χ1n) is 5.59. The van der Waals surface area contributed by atoms with E-state index in [1.54, 1.807) is 6.92 Å². The van der Waals surface area contributed by atoms with Gasteiger partial charge in [0.15, 0.2) is 0 Å². The molecule has 0 radical (unpaired) electrons. The summed E-state index contributed by atoms with van der Waals surface area (Å²) in [6.45, 7) is 1.77. The highest BCUT2D eigenvalue weighted by Gasteiger charge is 2.45. The molecule has 96 valence electrons. The maximum Gasteiger partial charge on any atom is 0.408 e. The topological polar surface area (TPSA) is 78.9 Å². The summed E-state index contributed by atoms with van der Waals surface area (Å²) >= 11 is 0. The average Bonchev–Trinajstić information content (AvgIpc) is 2.42. The van der Waals surface area contributed by atoms with Gasteiger partial charge in [-0.25, -0.2) is 9.86 Å². The molecule has 2 unspecified atom stereocenters. The Labute approximate surface area is 104 Å². The average molecular weight is 250 g/mol. The predicted molar refractivity (Wildman–Crippen MR) is 61.6 cm³/mol. The van der Waals surface area contributed by atoms with E-state index in [2.05, 4.69) is 5.32 Å². The molecule has 2 amide bonds. The van der Waals surface area contributed by atoms with Gasteiger partial charge in [-0.05, 0) is 12.5 Å². The van der Waals surface area contributed by atoms with E-state index in [4.69, 9.17) is 9.94 Å². The standard InChI is InChI=1S/C12H14N2O4/c1-8-10(11(15)14(8)17)13-12(16)18-7-9-5-3-2-4-6-9/h2-6,8,10,17H,7H2,1H3,(H,13,16). The van der Waals surface area contributed by atoms with Gasteiger partial charge in [0.2, 0.25) is 0 Å². The van der Waals surface area contributed by atoms with Crippen LogP contribution in [-0.2, 0) is 16.1 Å². The lowest BCUT2D eigenvalue weighted by atomic mass is 10.0. The van der Waals surface area contributed by atoms with Crippen LogP contribution in [0.1, 0.15) is 12.5 Å². The highest BCUT2D eigenvalue weighted by atomic mass is 16.6. The van der Waals surface area contributed by atoms with Crippen molar-refractivity contribution in [3.8, 4) is 0 Å². The summed E-state index contributed by atoms with van der Waals surface area (Å²) in [6.07, 6.45) is -0.669. The zero-order valence-electron chi connectivity index (χ0n) is 9.87. The van der Waals surface area contributed by atoms with E-state index in [0.29, 0.717) is 5.06 Å². The van der Waals surface area contributed by atoms with Crippen molar-refractivity contribution in [2.75, 3.05) is 0 Å². The molecule has 1 fully saturated rings. The molecule has 1 saturated heterocycles. The minimum atomic E-state index is -0.710. The number of hydroxylamine groups is 2. The molecule has 0 aliphatic carbocycles. The summed E-state index contributed by atoms with van der Waals surface area (Å²) in [5.74, 6) is -0.529. The molecule has 0 spiro atoms. The maximum absolute atomic E-state index is 11.4. The number of β-lactam (4-membered cyclic amide) rings is 1. The summed E-state index contributed by atoms with van der Waals surface area (Å²) in [7, 11) is 0. The van der Waals surface area contributed by atoms with Gasteiger partial charge in [-0.15, -0.1) is 0 Å². The summed E-state index contributed by atoms with van der Waals surface area (Å²) in [5, 5.41) is 12.1. The minimum Gasteiger partial charge on any atom is -0.445 e. The molecule has 0 aromatic heterocycles. The predicted octanol–water partition coefficient (Wildman–Crippen LogP) is 0.901. The third kappa shape index (κ3) is 2.43. The van der Waals surface area contributed by atoms with Gasteiger partial charge in [0.25, 0.3) is 5.91 Å². The van der Waals surface area contributed by atoms with Crippen molar-refractivity contribution < 1.29 is 19.5 Å². The lowest BCUT2D eigenvalue weighted by Gasteiger charge is -2.40. The number of nitrogens with zero attached hydrogens (tertiary/aromatic N) is 1. The van der Waals surface area contributed by atoms with Crippen molar-refractivity contribution in [2.24, 2.45) is 0 Å². The molecule has 6 heteroatoms. The van der Waals surface area contributed by atoms with Gasteiger partial charge in [-0.1, -0.05) is 30.3 Å². The second-order valence-corrected chi connectivity index (χ2v) is 4.11. The Morgan fingerprint density at radius 2 is 2.11 bits per heavy atom. The molecular weight excluding hydrogens is 236 g/mol. The quantitative estimate of drug-likeness (QED) is 0.617. The first-order chi connectivity index (χ1) is 8.59. The minimum absolute atomic E-state index is 0.144. The first kappa shape index (κ1) is 12.4. The highest BCUT2D eigenvalue weighted by molar-refractivity contribution is 5.91. The third-order valence-electron chi connectivity index (χ3n) is 2.85. The lowest BCUT2D eigenvalue weighted by molar-refractivity contribution is -0.206. The second-order valence-electron chi connectivity index (χ2n) is 4.11. The monoisotopic (exact) mass is 250 g/mol. The van der Waals surface area contributed by atoms with Crippen LogP contribution in [0.25, 0.3) is 0 Å². The van der Waals surface area contributed by atoms with E-state index in [9.17, 15) is 9.59 Å². The van der Waals surface area contributed by atoms with Crippen LogP contribution in [0.4, 0.5) is 4.79 Å². The molecule has 1 aliphatic rings. The van der Waals surface area contributed by atoms with E-state index >= 15 is 0 Å². The molecular formula is C12H14N2O4. The van der Waals surface area contributed by atoms with Gasteiger partial charge in [0.05, 0.1) is 6.04 Å². The molecule has 0 bridgehead atoms. The Hall–Kier alpha value is -2.08. The smallest absolute Gasteiger partial charge is 0.408 e. The van der Waals surface area contributed by atoms with Crippen LogP contribution in [0.3, 0.4) is 0 Å². The summed E-state index contributed by atoms with van der Waals surface area (Å²) in [4.78, 5) is 22.6. The van der Waals surface area contributed by atoms with Gasteiger partial charge in [-0.2, -0.15) is 0 Å². The number of nitrogens with one attached hydrogen (secondary N) is 1. The van der Waals surface area contributed by atoms with E-state index in [-0.39, 0.29) is 6.61 Å². The summed E-state index contributed by atoms with van der Waals surface area (Å²) in [5.41, 5.74) is 0.865. The molecule has 1 aliphatic heterocycles. The highest BCUT2D eigenvalue weighted by Crippen LogP contribution is 2.16. The molecule has 1 aromatic rings. The largest absolute Gasteiger partial charge is 0.445 e. The number of carbonyl (C=O) groups is 2. The Morgan fingerprint density at radius 1 is 1.44 bits per heavy atom. The van der Waals surface area contributed by atoms with E-state index < -0.39 is 24.1 Å². The molecule has 2 rings (SSSR count). The summed E-state index contributed by atoms with van der Waals surface area (Å²) < 4.78 is 4.96. The van der Waals surface area contributed by atoms with Crippen molar-refractivity contribution in [1.29, 1.82) is 0 Å². The maximum atomic E-state index is 11.4. The van der Waals surface area contributed by atoms with E-state index in [1.807, 2.05) is 30.3 Å². The number of rotatable bonds is 3. The normalized spacial score (nSPS) is 22.3.